The first-order valence-electron chi connectivity index (χ1n) is 11.4. The molecule has 5 nitrogen and oxygen atoms in total. The highest BCUT2D eigenvalue weighted by Gasteiger charge is 2.32. The Morgan fingerprint density at radius 3 is 2.46 bits per heavy atom. The minimum Gasteiger partial charge on any atom is -0.493 e. The predicted octanol–water partition coefficient (Wildman–Crippen LogP) is 7.25. The number of aryl methyl sites for hydroxylation is 1. The van der Waals surface area contributed by atoms with Gasteiger partial charge in [0.2, 0.25) is 0 Å². The van der Waals surface area contributed by atoms with Gasteiger partial charge in [0.15, 0.2) is 16.7 Å². The monoisotopic (exact) mass is 506 g/mol. The molecule has 1 heterocycles. The van der Waals surface area contributed by atoms with Gasteiger partial charge in [-0.15, -0.1) is 0 Å². The molecule has 0 radical (unpaired) electrons. The van der Waals surface area contributed by atoms with E-state index in [2.05, 4.69) is 6.92 Å². The molecule has 1 aliphatic heterocycles. The lowest BCUT2D eigenvalue weighted by Gasteiger charge is -2.14. The summed E-state index contributed by atoms with van der Waals surface area (Å²) in [4.78, 5) is 20.3. The largest absolute Gasteiger partial charge is 0.493 e. The van der Waals surface area contributed by atoms with E-state index in [0.29, 0.717) is 39.7 Å². The Morgan fingerprint density at radius 2 is 1.77 bits per heavy atom. The number of ether oxygens (including phenoxy) is 2. The maximum Gasteiger partial charge on any atom is 0.266 e. The van der Waals surface area contributed by atoms with Gasteiger partial charge in [0.25, 0.3) is 5.91 Å². The molecule has 0 aliphatic carbocycles. The molecule has 0 aromatic heterocycles. The maximum absolute atomic E-state index is 13.1. The molecule has 180 valence electrons. The molecule has 0 bridgehead atoms. The van der Waals surface area contributed by atoms with Crippen LogP contribution in [0.5, 0.6) is 11.5 Å². The van der Waals surface area contributed by atoms with Crippen LogP contribution in [0, 0.1) is 6.92 Å². The van der Waals surface area contributed by atoms with Gasteiger partial charge in [-0.2, -0.15) is 0 Å². The van der Waals surface area contributed by atoms with Crippen molar-refractivity contribution in [3.63, 3.8) is 0 Å². The molecule has 3 aromatic rings. The van der Waals surface area contributed by atoms with E-state index < -0.39 is 0 Å². The van der Waals surface area contributed by atoms with E-state index >= 15 is 0 Å². The van der Waals surface area contributed by atoms with E-state index in [4.69, 9.17) is 26.1 Å². The van der Waals surface area contributed by atoms with Crippen molar-refractivity contribution in [1.82, 2.24) is 4.90 Å². The summed E-state index contributed by atoms with van der Waals surface area (Å²) < 4.78 is 11.5. The molecular weight excluding hydrogens is 480 g/mol. The molecule has 0 unspecified atom stereocenters. The summed E-state index contributed by atoms with van der Waals surface area (Å²) in [6.07, 6.45) is 2.72. The average molecular weight is 507 g/mol. The van der Waals surface area contributed by atoms with Crippen molar-refractivity contribution in [2.45, 2.75) is 26.9 Å². The molecule has 1 fully saturated rings. The number of carbonyl (C=O) groups is 1. The lowest BCUT2D eigenvalue weighted by Crippen LogP contribution is -2.29. The number of amides is 1. The smallest absolute Gasteiger partial charge is 0.266 e. The summed E-state index contributed by atoms with van der Waals surface area (Å²) in [7, 11) is 1.60. The molecule has 4 rings (SSSR count). The fraction of sp³-hybridized carbons (Fsp3) is 0.214. The zero-order chi connectivity index (χ0) is 24.8. The second-order valence-corrected chi connectivity index (χ2v) is 9.57. The van der Waals surface area contributed by atoms with Gasteiger partial charge < -0.3 is 9.47 Å². The minimum atomic E-state index is -0.0373. The van der Waals surface area contributed by atoms with Crippen LogP contribution in [-0.4, -0.2) is 29.6 Å². The molecule has 0 N–H and O–H groups in total. The van der Waals surface area contributed by atoms with Crippen molar-refractivity contribution < 1.29 is 14.3 Å². The third kappa shape index (κ3) is 6.27. The van der Waals surface area contributed by atoms with Crippen molar-refractivity contribution in [3.8, 4) is 11.5 Å². The van der Waals surface area contributed by atoms with E-state index in [9.17, 15) is 4.79 Å². The normalized spacial score (nSPS) is 15.8. The van der Waals surface area contributed by atoms with Crippen LogP contribution < -0.4 is 9.47 Å². The zero-order valence-electron chi connectivity index (χ0n) is 20.0. The Labute approximate surface area is 215 Å². The Bertz CT molecular complexity index is 1250. The second-order valence-electron chi connectivity index (χ2n) is 8.12. The highest BCUT2D eigenvalue weighted by atomic mass is 35.5. The van der Waals surface area contributed by atoms with E-state index in [1.807, 2.05) is 79.7 Å². The molecule has 3 aromatic carbocycles. The van der Waals surface area contributed by atoms with Crippen LogP contribution in [0.15, 0.2) is 76.6 Å². The maximum atomic E-state index is 13.1. The standard InChI is InChI=1S/C28H27ClN2O3S/c1-4-15-31-27(32)26(35-28(31)30-23-12-5-19(2)6-13-23)17-21-9-14-24(25(16-21)33-3)34-18-20-7-10-22(29)11-8-20/h5-14,16-17H,4,15,18H2,1-3H3. The minimum absolute atomic E-state index is 0.0373. The van der Waals surface area contributed by atoms with Crippen LogP contribution in [0.4, 0.5) is 5.69 Å². The first-order chi connectivity index (χ1) is 17.0. The van der Waals surface area contributed by atoms with Gasteiger partial charge in [-0.25, -0.2) is 4.99 Å². The van der Waals surface area contributed by atoms with Gasteiger partial charge in [0.05, 0.1) is 17.7 Å². The van der Waals surface area contributed by atoms with Crippen LogP contribution >= 0.6 is 23.4 Å². The number of hydrogen-bond donors (Lipinski definition) is 0. The van der Waals surface area contributed by atoms with E-state index in [-0.39, 0.29) is 5.91 Å². The van der Waals surface area contributed by atoms with E-state index in [0.717, 1.165) is 23.2 Å². The summed E-state index contributed by atoms with van der Waals surface area (Å²) in [6, 6.07) is 21.1. The van der Waals surface area contributed by atoms with Crippen LogP contribution in [0.25, 0.3) is 6.08 Å². The van der Waals surface area contributed by atoms with Crippen LogP contribution in [0.2, 0.25) is 5.02 Å². The van der Waals surface area contributed by atoms with Crippen molar-refractivity contribution in [2.24, 2.45) is 4.99 Å². The summed E-state index contributed by atoms with van der Waals surface area (Å²) >= 11 is 7.34. The molecule has 1 saturated heterocycles. The van der Waals surface area contributed by atoms with Gasteiger partial charge in [0, 0.05) is 11.6 Å². The van der Waals surface area contributed by atoms with Gasteiger partial charge in [0.1, 0.15) is 6.61 Å². The number of benzene rings is 3. The molecule has 0 atom stereocenters. The summed E-state index contributed by atoms with van der Waals surface area (Å²) in [5.41, 5.74) is 3.86. The third-order valence-electron chi connectivity index (χ3n) is 5.39. The number of halogens is 1. The Kier molecular flexibility index (Phi) is 8.16. The highest BCUT2D eigenvalue weighted by molar-refractivity contribution is 8.18. The lowest BCUT2D eigenvalue weighted by molar-refractivity contribution is -0.122. The second kappa shape index (κ2) is 11.5. The third-order valence-corrected chi connectivity index (χ3v) is 6.65. The lowest BCUT2D eigenvalue weighted by atomic mass is 10.1. The molecule has 0 saturated carbocycles. The molecule has 0 spiro atoms. The van der Waals surface area contributed by atoms with Crippen molar-refractivity contribution in [1.29, 1.82) is 0 Å². The molecule has 1 aliphatic rings. The van der Waals surface area contributed by atoms with Crippen molar-refractivity contribution >= 4 is 46.2 Å². The van der Waals surface area contributed by atoms with Gasteiger partial charge in [-0.05, 0) is 78.7 Å². The topological polar surface area (TPSA) is 51.1 Å². The van der Waals surface area contributed by atoms with Gasteiger partial charge in [-0.1, -0.05) is 54.4 Å². The molecule has 35 heavy (non-hydrogen) atoms. The number of carbonyl (C=O) groups excluding carboxylic acids is 1. The first-order valence-corrected chi connectivity index (χ1v) is 12.6. The average Bonchev–Trinajstić information content (AvgIpc) is 3.14. The number of rotatable bonds is 8. The summed E-state index contributed by atoms with van der Waals surface area (Å²) in [5.74, 6) is 1.19. The number of nitrogens with zero attached hydrogens (tertiary/aromatic N) is 2. The van der Waals surface area contributed by atoms with Gasteiger partial charge in [-0.3, -0.25) is 9.69 Å². The van der Waals surface area contributed by atoms with Crippen LogP contribution in [-0.2, 0) is 11.4 Å². The summed E-state index contributed by atoms with van der Waals surface area (Å²) in [5, 5.41) is 1.38. The summed E-state index contributed by atoms with van der Waals surface area (Å²) in [6.45, 7) is 5.11. The fourth-order valence-corrected chi connectivity index (χ4v) is 4.68. The van der Waals surface area contributed by atoms with Crippen LogP contribution in [0.1, 0.15) is 30.0 Å². The SMILES string of the molecule is CCCN1C(=O)C(=Cc2ccc(OCc3ccc(Cl)cc3)c(OC)c2)SC1=Nc1ccc(C)cc1. The number of methoxy groups -OCH3 is 1. The highest BCUT2D eigenvalue weighted by Crippen LogP contribution is 2.36. The zero-order valence-corrected chi connectivity index (χ0v) is 21.5. The molecule has 7 heteroatoms. The Hall–Kier alpha value is -3.22. The van der Waals surface area contributed by atoms with E-state index in [1.165, 1.54) is 17.3 Å². The number of aliphatic imine (C=N–C) groups is 1. The fourth-order valence-electron chi connectivity index (χ4n) is 3.53. The quantitative estimate of drug-likeness (QED) is 0.302. The van der Waals surface area contributed by atoms with Crippen molar-refractivity contribution in [2.75, 3.05) is 13.7 Å². The molecule has 1 amide bonds. The first kappa shape index (κ1) is 24.9. The number of amidine groups is 1. The Balaban J connectivity index is 1.54. The van der Waals surface area contributed by atoms with Crippen LogP contribution in [0.3, 0.4) is 0 Å². The molecular formula is C28H27ClN2O3S. The van der Waals surface area contributed by atoms with Gasteiger partial charge >= 0.3 is 0 Å². The number of thioether (sulfide) groups is 1. The Morgan fingerprint density at radius 1 is 1.03 bits per heavy atom. The van der Waals surface area contributed by atoms with E-state index in [1.54, 1.807) is 12.0 Å². The predicted molar refractivity (Wildman–Crippen MR) is 145 cm³/mol. The number of hydrogen-bond acceptors (Lipinski definition) is 5. The van der Waals surface area contributed by atoms with Crippen molar-refractivity contribution in [3.05, 3.63) is 93.3 Å².